The predicted molar refractivity (Wildman–Crippen MR) is 112 cm³/mol. The molecule has 0 bridgehead atoms. The van der Waals surface area contributed by atoms with Crippen LogP contribution in [0.5, 0.6) is 0 Å². The molecular formula is C20H21F6N7O4. The fourth-order valence-corrected chi connectivity index (χ4v) is 3.05. The Balaban J connectivity index is 0.000000286. The number of hydrogen-bond acceptors (Lipinski definition) is 7. The zero-order chi connectivity index (χ0) is 27.6. The van der Waals surface area contributed by atoms with Gasteiger partial charge in [0.15, 0.2) is 0 Å². The summed E-state index contributed by atoms with van der Waals surface area (Å²) >= 11 is 0. The number of nitrogens with zero attached hydrogens (tertiary/aromatic N) is 7. The number of carboxylic acids is 2. The first-order valence-corrected chi connectivity index (χ1v) is 10.3. The number of aromatic nitrogens is 6. The van der Waals surface area contributed by atoms with E-state index < -0.39 is 24.3 Å². The normalized spacial score (nSPS) is 13.8. The summed E-state index contributed by atoms with van der Waals surface area (Å²) in [4.78, 5) is 33.0. The lowest BCUT2D eigenvalue weighted by Gasteiger charge is -2.19. The molecule has 4 rings (SSSR count). The van der Waals surface area contributed by atoms with Crippen LogP contribution in [0.3, 0.4) is 0 Å². The number of rotatable bonds is 4. The van der Waals surface area contributed by atoms with E-state index in [4.69, 9.17) is 19.8 Å². The molecule has 2 N–H and O–H groups in total. The van der Waals surface area contributed by atoms with Gasteiger partial charge in [-0.25, -0.2) is 24.2 Å². The number of alkyl halides is 6. The molecule has 1 aliphatic heterocycles. The van der Waals surface area contributed by atoms with Gasteiger partial charge in [0.1, 0.15) is 18.5 Å². The maximum Gasteiger partial charge on any atom is 0.490 e. The first-order valence-electron chi connectivity index (χ1n) is 10.3. The lowest BCUT2D eigenvalue weighted by molar-refractivity contribution is -0.193. The van der Waals surface area contributed by atoms with Gasteiger partial charge in [-0.05, 0) is 17.7 Å². The largest absolute Gasteiger partial charge is 0.490 e. The Morgan fingerprint density at radius 3 is 2.00 bits per heavy atom. The highest BCUT2D eigenvalue weighted by Gasteiger charge is 2.38. The van der Waals surface area contributed by atoms with Gasteiger partial charge in [0.05, 0.1) is 18.4 Å². The Kier molecular flexibility index (Phi) is 10.1. The zero-order valence-corrected chi connectivity index (χ0v) is 18.9. The minimum Gasteiger partial charge on any atom is -0.475 e. The van der Waals surface area contributed by atoms with Gasteiger partial charge in [-0.15, -0.1) is 0 Å². The van der Waals surface area contributed by atoms with Crippen LogP contribution in [0.4, 0.5) is 26.3 Å². The number of halogens is 6. The molecule has 0 radical (unpaired) electrons. The van der Waals surface area contributed by atoms with Gasteiger partial charge in [0.2, 0.25) is 0 Å². The lowest BCUT2D eigenvalue weighted by atomic mass is 10.2. The maximum absolute atomic E-state index is 10.6. The molecule has 3 aromatic heterocycles. The van der Waals surface area contributed by atoms with Crippen LogP contribution in [0.15, 0.2) is 43.4 Å². The third-order valence-electron chi connectivity index (χ3n) is 4.74. The number of fused-ring (bicyclic) bond motifs is 1. The highest BCUT2D eigenvalue weighted by Crippen LogP contribution is 2.15. The van der Waals surface area contributed by atoms with E-state index in [1.54, 1.807) is 12.7 Å². The van der Waals surface area contributed by atoms with Crippen LogP contribution in [0, 0.1) is 0 Å². The van der Waals surface area contributed by atoms with Gasteiger partial charge >= 0.3 is 24.3 Å². The number of carbonyl (C=O) groups is 2. The van der Waals surface area contributed by atoms with Gasteiger partial charge in [-0.2, -0.15) is 31.4 Å². The van der Waals surface area contributed by atoms with Gasteiger partial charge in [-0.1, -0.05) is 0 Å². The van der Waals surface area contributed by atoms with E-state index in [0.717, 1.165) is 45.0 Å². The SMILES string of the molecule is O=C(O)C(F)(F)F.O=C(O)C(F)(F)F.c1cc(CN2CCc3ncc(Cn4cncn4)n3CC2)ccn1. The molecule has 0 fully saturated rings. The summed E-state index contributed by atoms with van der Waals surface area (Å²) in [5.41, 5.74) is 2.50. The van der Waals surface area contributed by atoms with Crippen LogP contribution >= 0.6 is 0 Å². The molecule has 0 aliphatic carbocycles. The van der Waals surface area contributed by atoms with Crippen LogP contribution in [-0.4, -0.2) is 81.8 Å². The molecule has 11 nitrogen and oxygen atoms in total. The van der Waals surface area contributed by atoms with Gasteiger partial charge < -0.3 is 14.8 Å². The number of aliphatic carboxylic acids is 2. The van der Waals surface area contributed by atoms with Crippen LogP contribution < -0.4 is 0 Å². The lowest BCUT2D eigenvalue weighted by Crippen LogP contribution is -2.26. The fourth-order valence-electron chi connectivity index (χ4n) is 3.05. The average Bonchev–Trinajstić information content (AvgIpc) is 3.41. The van der Waals surface area contributed by atoms with Gasteiger partial charge in [0.25, 0.3) is 0 Å². The molecule has 0 saturated carbocycles. The Hall–Kier alpha value is -4.02. The first-order chi connectivity index (χ1) is 17.3. The van der Waals surface area contributed by atoms with Crippen molar-refractivity contribution in [3.8, 4) is 0 Å². The van der Waals surface area contributed by atoms with Crippen molar-refractivity contribution in [2.45, 2.75) is 38.4 Å². The zero-order valence-electron chi connectivity index (χ0n) is 18.9. The monoisotopic (exact) mass is 537 g/mol. The first kappa shape index (κ1) is 29.2. The standard InChI is InChI=1S/C16H19N7.2C2HF3O2/c1-4-17-5-2-14(1)10-21-6-3-16-19-9-15(23(16)8-7-21)11-22-13-18-12-20-22;2*3-2(4,5)1(6)7/h1-2,4-5,9,12-13H,3,6-8,10-11H2;2*(H,6,7). The van der Waals surface area contributed by atoms with E-state index in [1.165, 1.54) is 11.3 Å². The smallest absolute Gasteiger partial charge is 0.475 e. The summed E-state index contributed by atoms with van der Waals surface area (Å²) in [6.45, 7) is 4.70. The molecule has 0 amide bonds. The van der Waals surface area contributed by atoms with Crippen molar-refractivity contribution in [3.63, 3.8) is 0 Å². The Bertz CT molecular complexity index is 1110. The Labute approximate surface area is 205 Å². The minimum atomic E-state index is -5.08. The van der Waals surface area contributed by atoms with Gasteiger partial charge in [-0.3, -0.25) is 9.88 Å². The highest BCUT2D eigenvalue weighted by atomic mass is 19.4. The predicted octanol–water partition coefficient (Wildman–Crippen LogP) is 2.24. The molecule has 37 heavy (non-hydrogen) atoms. The minimum absolute atomic E-state index is 0.720. The third-order valence-corrected chi connectivity index (χ3v) is 4.74. The van der Waals surface area contributed by atoms with E-state index in [1.807, 2.05) is 23.3 Å². The van der Waals surface area contributed by atoms with Crippen molar-refractivity contribution in [2.24, 2.45) is 0 Å². The van der Waals surface area contributed by atoms with Crippen molar-refractivity contribution in [3.05, 3.63) is 60.5 Å². The second-order valence-electron chi connectivity index (χ2n) is 7.40. The number of carboxylic acid groups (broad SMARTS) is 2. The molecule has 0 aromatic carbocycles. The maximum atomic E-state index is 10.6. The van der Waals surface area contributed by atoms with Crippen LogP contribution in [-0.2, 0) is 35.6 Å². The fraction of sp³-hybridized carbons (Fsp3) is 0.400. The summed E-state index contributed by atoms with van der Waals surface area (Å²) in [6.07, 6.45) is -0.205. The second kappa shape index (κ2) is 12.8. The summed E-state index contributed by atoms with van der Waals surface area (Å²) in [5, 5.41) is 18.4. The van der Waals surface area contributed by atoms with Crippen molar-refractivity contribution >= 4 is 11.9 Å². The summed E-state index contributed by atoms with van der Waals surface area (Å²) < 4.78 is 67.6. The van der Waals surface area contributed by atoms with Crippen molar-refractivity contribution in [1.82, 2.24) is 34.2 Å². The van der Waals surface area contributed by atoms with Crippen LogP contribution in [0.2, 0.25) is 0 Å². The molecule has 0 atom stereocenters. The quantitative estimate of drug-likeness (QED) is 0.480. The van der Waals surface area contributed by atoms with E-state index >= 15 is 0 Å². The van der Waals surface area contributed by atoms with E-state index in [2.05, 4.69) is 41.7 Å². The summed E-state index contributed by atoms with van der Waals surface area (Å²) in [6, 6.07) is 4.17. The Morgan fingerprint density at radius 1 is 0.892 bits per heavy atom. The summed E-state index contributed by atoms with van der Waals surface area (Å²) in [7, 11) is 0. The third kappa shape index (κ3) is 9.86. The second-order valence-corrected chi connectivity index (χ2v) is 7.40. The molecular weight excluding hydrogens is 516 g/mol. The van der Waals surface area contributed by atoms with Crippen LogP contribution in [0.1, 0.15) is 17.1 Å². The van der Waals surface area contributed by atoms with Crippen molar-refractivity contribution < 1.29 is 46.1 Å². The molecule has 1 aliphatic rings. The van der Waals surface area contributed by atoms with Crippen molar-refractivity contribution in [1.29, 1.82) is 0 Å². The van der Waals surface area contributed by atoms with E-state index in [9.17, 15) is 26.3 Å². The highest BCUT2D eigenvalue weighted by molar-refractivity contribution is 5.73. The topological polar surface area (TPSA) is 139 Å². The van der Waals surface area contributed by atoms with Gasteiger partial charge in [0, 0.05) is 45.0 Å². The van der Waals surface area contributed by atoms with Crippen LogP contribution in [0.25, 0.3) is 0 Å². The molecule has 202 valence electrons. The molecule has 0 unspecified atom stereocenters. The molecule has 4 heterocycles. The molecule has 17 heteroatoms. The average molecular weight is 537 g/mol. The number of hydrogen-bond donors (Lipinski definition) is 2. The number of pyridine rings is 1. The summed E-state index contributed by atoms with van der Waals surface area (Å²) in [5.74, 6) is -4.35. The molecule has 0 saturated heterocycles. The van der Waals surface area contributed by atoms with Crippen molar-refractivity contribution in [2.75, 3.05) is 13.1 Å². The number of imidazole rings is 1. The molecule has 3 aromatic rings. The molecule has 0 spiro atoms. The van der Waals surface area contributed by atoms with E-state index in [0.29, 0.717) is 0 Å². The van der Waals surface area contributed by atoms with E-state index in [-0.39, 0.29) is 0 Å². The Morgan fingerprint density at radius 2 is 1.49 bits per heavy atom.